The van der Waals surface area contributed by atoms with E-state index in [2.05, 4.69) is 10.0 Å². The molecule has 0 bridgehead atoms. The van der Waals surface area contributed by atoms with Gasteiger partial charge in [-0.05, 0) is 58.7 Å². The predicted octanol–water partition coefficient (Wildman–Crippen LogP) is 2.13. The number of rotatable bonds is 9. The molecule has 1 aromatic rings. The van der Waals surface area contributed by atoms with Gasteiger partial charge in [0.15, 0.2) is 0 Å². The van der Waals surface area contributed by atoms with Crippen LogP contribution in [-0.2, 0) is 14.8 Å². The fraction of sp³-hybridized carbons (Fsp3) is 0.526. The summed E-state index contributed by atoms with van der Waals surface area (Å²) in [6, 6.07) is 4.43. The first-order valence-electron chi connectivity index (χ1n) is 9.35. The molecule has 8 nitrogen and oxygen atoms in total. The van der Waals surface area contributed by atoms with Crippen LogP contribution in [0.3, 0.4) is 0 Å². The summed E-state index contributed by atoms with van der Waals surface area (Å²) in [5, 5.41) is 2.23. The molecule has 9 heteroatoms. The van der Waals surface area contributed by atoms with Crippen molar-refractivity contribution < 1.29 is 22.8 Å². The van der Waals surface area contributed by atoms with Gasteiger partial charge in [0.2, 0.25) is 15.9 Å². The van der Waals surface area contributed by atoms with Gasteiger partial charge in [0.1, 0.15) is 0 Å². The number of amides is 3. The lowest BCUT2D eigenvalue weighted by atomic mass is 10.1. The van der Waals surface area contributed by atoms with Gasteiger partial charge in [-0.25, -0.2) is 13.1 Å². The smallest absolute Gasteiger partial charge is 0.261 e. The summed E-state index contributed by atoms with van der Waals surface area (Å²) in [7, 11) is -3.29. The third kappa shape index (κ3) is 4.96. The number of hydrogen-bond donors (Lipinski definition) is 2. The van der Waals surface area contributed by atoms with E-state index in [9.17, 15) is 22.8 Å². The second-order valence-electron chi connectivity index (χ2n) is 7.33. The van der Waals surface area contributed by atoms with Crippen molar-refractivity contribution in [2.24, 2.45) is 0 Å². The molecule has 0 radical (unpaired) electrons. The van der Waals surface area contributed by atoms with E-state index in [4.69, 9.17) is 0 Å². The van der Waals surface area contributed by atoms with Crippen LogP contribution in [0.2, 0.25) is 0 Å². The molecular weight excluding hydrogens is 382 g/mol. The van der Waals surface area contributed by atoms with Crippen molar-refractivity contribution in [2.45, 2.75) is 58.2 Å². The molecule has 0 aliphatic carbocycles. The van der Waals surface area contributed by atoms with E-state index in [0.717, 1.165) is 0 Å². The van der Waals surface area contributed by atoms with Gasteiger partial charge in [0.05, 0.1) is 16.4 Å². The molecule has 1 aliphatic rings. The second kappa shape index (κ2) is 8.83. The Balaban J connectivity index is 1.86. The summed E-state index contributed by atoms with van der Waals surface area (Å²) < 4.78 is 25.8. The molecule has 3 amide bonds. The molecule has 28 heavy (non-hydrogen) atoms. The number of benzene rings is 1. The zero-order chi connectivity index (χ0) is 21.1. The Morgan fingerprint density at radius 2 is 1.68 bits per heavy atom. The van der Waals surface area contributed by atoms with E-state index >= 15 is 0 Å². The van der Waals surface area contributed by atoms with Gasteiger partial charge in [-0.3, -0.25) is 19.3 Å². The first-order chi connectivity index (χ1) is 13.0. The first-order valence-corrected chi connectivity index (χ1v) is 10.9. The molecule has 154 valence electrons. The molecule has 0 unspecified atom stereocenters. The number of carbonyl (C=O) groups is 3. The maximum Gasteiger partial charge on any atom is 0.261 e. The molecule has 2 rings (SSSR count). The van der Waals surface area contributed by atoms with Crippen LogP contribution in [0.25, 0.3) is 0 Å². The van der Waals surface area contributed by atoms with Crippen LogP contribution in [-0.4, -0.2) is 48.9 Å². The van der Waals surface area contributed by atoms with Crippen LogP contribution in [0.1, 0.15) is 67.7 Å². The topological polar surface area (TPSA) is 113 Å². The maximum absolute atomic E-state index is 12.4. The molecule has 0 atom stereocenters. The lowest BCUT2D eigenvalue weighted by molar-refractivity contribution is -0.116. The Kier molecular flexibility index (Phi) is 6.95. The van der Waals surface area contributed by atoms with Crippen molar-refractivity contribution in [3.05, 3.63) is 29.3 Å². The zero-order valence-electron chi connectivity index (χ0n) is 16.6. The van der Waals surface area contributed by atoms with Gasteiger partial charge in [-0.15, -0.1) is 0 Å². The van der Waals surface area contributed by atoms with Crippen molar-refractivity contribution in [2.75, 3.05) is 11.9 Å². The van der Waals surface area contributed by atoms with Crippen LogP contribution in [0.5, 0.6) is 0 Å². The monoisotopic (exact) mass is 409 g/mol. The van der Waals surface area contributed by atoms with E-state index in [1.165, 1.54) is 11.0 Å². The standard InChI is InChI=1S/C19H27N3O5S/c1-12(2)22-18(24)15-9-8-14(11-16(15)19(22)25)21-17(23)7-5-6-10-20-28(26,27)13(3)4/h8-9,11-13,20H,5-7,10H2,1-4H3,(H,21,23). The summed E-state index contributed by atoms with van der Waals surface area (Å²) in [6.45, 7) is 7.03. The fourth-order valence-corrected chi connectivity index (χ4v) is 3.58. The molecule has 0 saturated carbocycles. The summed E-state index contributed by atoms with van der Waals surface area (Å²) in [5.74, 6) is -0.913. The van der Waals surface area contributed by atoms with Gasteiger partial charge in [0, 0.05) is 24.7 Å². The lowest BCUT2D eigenvalue weighted by Crippen LogP contribution is -2.35. The molecule has 1 heterocycles. The van der Waals surface area contributed by atoms with Crippen molar-refractivity contribution in [3.8, 4) is 0 Å². The molecular formula is C19H27N3O5S. The minimum atomic E-state index is -3.29. The normalized spacial score (nSPS) is 14.1. The van der Waals surface area contributed by atoms with E-state index < -0.39 is 15.3 Å². The van der Waals surface area contributed by atoms with E-state index in [1.54, 1.807) is 39.8 Å². The van der Waals surface area contributed by atoms with Crippen LogP contribution in [0.15, 0.2) is 18.2 Å². The third-order valence-electron chi connectivity index (χ3n) is 4.47. The van der Waals surface area contributed by atoms with E-state index in [-0.39, 0.29) is 36.7 Å². The molecule has 1 aliphatic heterocycles. The lowest BCUT2D eigenvalue weighted by Gasteiger charge is -2.17. The van der Waals surface area contributed by atoms with Gasteiger partial charge in [-0.1, -0.05) is 0 Å². The number of anilines is 1. The molecule has 0 fully saturated rings. The van der Waals surface area contributed by atoms with Crippen molar-refractivity contribution in [3.63, 3.8) is 0 Å². The Morgan fingerprint density at radius 1 is 1.04 bits per heavy atom. The Bertz CT molecular complexity index is 878. The highest BCUT2D eigenvalue weighted by Crippen LogP contribution is 2.27. The minimum Gasteiger partial charge on any atom is -0.326 e. The number of hydrogen-bond acceptors (Lipinski definition) is 5. The largest absolute Gasteiger partial charge is 0.326 e. The SMILES string of the molecule is CC(C)N1C(=O)c2ccc(NC(=O)CCCCNS(=O)(=O)C(C)C)cc2C1=O. The van der Waals surface area contributed by atoms with Gasteiger partial charge in [-0.2, -0.15) is 0 Å². The molecule has 1 aromatic carbocycles. The van der Waals surface area contributed by atoms with Crippen molar-refractivity contribution in [1.29, 1.82) is 0 Å². The number of nitrogens with zero attached hydrogens (tertiary/aromatic N) is 1. The quantitative estimate of drug-likeness (QED) is 0.479. The maximum atomic E-state index is 12.4. The summed E-state index contributed by atoms with van der Waals surface area (Å²) >= 11 is 0. The van der Waals surface area contributed by atoms with Gasteiger partial charge in [0.25, 0.3) is 11.8 Å². The third-order valence-corrected chi connectivity index (χ3v) is 6.32. The van der Waals surface area contributed by atoms with Gasteiger partial charge >= 0.3 is 0 Å². The molecule has 2 N–H and O–H groups in total. The van der Waals surface area contributed by atoms with Crippen LogP contribution in [0.4, 0.5) is 5.69 Å². The molecule has 0 spiro atoms. The predicted molar refractivity (Wildman–Crippen MR) is 107 cm³/mol. The number of fused-ring (bicyclic) bond motifs is 1. The molecule has 0 aromatic heterocycles. The highest BCUT2D eigenvalue weighted by molar-refractivity contribution is 7.90. The Labute approximate surface area is 165 Å². The Hall–Kier alpha value is -2.26. The van der Waals surface area contributed by atoms with Crippen LogP contribution in [0, 0.1) is 0 Å². The zero-order valence-corrected chi connectivity index (χ0v) is 17.4. The van der Waals surface area contributed by atoms with Crippen LogP contribution < -0.4 is 10.0 Å². The minimum absolute atomic E-state index is 0.228. The number of sulfonamides is 1. The second-order valence-corrected chi connectivity index (χ2v) is 9.65. The number of unbranched alkanes of at least 4 members (excludes halogenated alkanes) is 1. The highest BCUT2D eigenvalue weighted by Gasteiger charge is 2.37. The number of nitrogens with one attached hydrogen (secondary N) is 2. The molecule has 0 saturated heterocycles. The van der Waals surface area contributed by atoms with Gasteiger partial charge < -0.3 is 5.32 Å². The highest BCUT2D eigenvalue weighted by atomic mass is 32.2. The Morgan fingerprint density at radius 3 is 2.29 bits per heavy atom. The van der Waals surface area contributed by atoms with Crippen molar-refractivity contribution >= 4 is 33.4 Å². The average molecular weight is 410 g/mol. The van der Waals surface area contributed by atoms with Crippen LogP contribution >= 0.6 is 0 Å². The fourth-order valence-electron chi connectivity index (χ4n) is 2.82. The number of carbonyl (C=O) groups excluding carboxylic acids is 3. The summed E-state index contributed by atoms with van der Waals surface area (Å²) in [6.07, 6.45) is 1.29. The first kappa shape index (κ1) is 22.0. The summed E-state index contributed by atoms with van der Waals surface area (Å²) in [4.78, 5) is 38.0. The van der Waals surface area contributed by atoms with E-state index in [0.29, 0.717) is 29.7 Å². The average Bonchev–Trinajstić information content (AvgIpc) is 2.85. The summed E-state index contributed by atoms with van der Waals surface area (Å²) in [5.41, 5.74) is 1.09. The van der Waals surface area contributed by atoms with Crippen molar-refractivity contribution in [1.82, 2.24) is 9.62 Å². The van der Waals surface area contributed by atoms with E-state index in [1.807, 2.05) is 0 Å². The number of imide groups is 1.